The largest absolute Gasteiger partial charge is 0.348 e. The van der Waals surface area contributed by atoms with E-state index >= 15 is 0 Å². The molecule has 1 aliphatic rings. The fourth-order valence-corrected chi connectivity index (χ4v) is 2.35. The average molecular weight is 293 g/mol. The third-order valence-electron chi connectivity index (χ3n) is 3.72. The van der Waals surface area contributed by atoms with Gasteiger partial charge < -0.3 is 19.7 Å². The number of H-pyrrole nitrogens is 1. The minimum atomic E-state index is -0.101. The Balaban J connectivity index is 1.98. The van der Waals surface area contributed by atoms with E-state index in [1.54, 1.807) is 4.90 Å². The quantitative estimate of drug-likeness (QED) is 0.845. The van der Waals surface area contributed by atoms with E-state index in [1.165, 1.54) is 6.33 Å². The fraction of sp³-hybridized carbons (Fsp3) is 0.643. The highest BCUT2D eigenvalue weighted by Gasteiger charge is 2.26. The molecule has 0 radical (unpaired) electrons. The molecule has 1 aromatic heterocycles. The fourth-order valence-electron chi connectivity index (χ4n) is 2.35. The molecule has 116 valence electrons. The van der Waals surface area contributed by atoms with Gasteiger partial charge in [-0.25, -0.2) is 4.98 Å². The first-order chi connectivity index (χ1) is 9.99. The molecule has 0 atom stereocenters. The molecule has 0 spiro atoms. The lowest BCUT2D eigenvalue weighted by Crippen LogP contribution is -2.39. The minimum absolute atomic E-state index is 0.101. The van der Waals surface area contributed by atoms with E-state index in [4.69, 9.17) is 0 Å². The van der Waals surface area contributed by atoms with Crippen molar-refractivity contribution in [3.63, 3.8) is 0 Å². The first kappa shape index (κ1) is 15.5. The monoisotopic (exact) mass is 293 g/mol. The predicted molar refractivity (Wildman–Crippen MR) is 79.0 cm³/mol. The van der Waals surface area contributed by atoms with E-state index in [0.717, 1.165) is 12.2 Å². The molecule has 1 aromatic rings. The molecule has 2 heterocycles. The van der Waals surface area contributed by atoms with Crippen LogP contribution < -0.4 is 0 Å². The van der Waals surface area contributed by atoms with Crippen molar-refractivity contribution < 1.29 is 9.59 Å². The Labute approximate surface area is 124 Å². The summed E-state index contributed by atoms with van der Waals surface area (Å²) in [5.41, 5.74) is 1.21. The number of nitrogens with one attached hydrogen (secondary N) is 1. The van der Waals surface area contributed by atoms with E-state index in [0.29, 0.717) is 38.3 Å². The van der Waals surface area contributed by atoms with Gasteiger partial charge in [-0.15, -0.1) is 0 Å². The topological polar surface area (TPSA) is 72.5 Å². The van der Waals surface area contributed by atoms with Gasteiger partial charge in [0.2, 0.25) is 5.91 Å². The number of aromatic nitrogens is 2. The summed E-state index contributed by atoms with van der Waals surface area (Å²) in [7, 11) is 3.97. The van der Waals surface area contributed by atoms with Crippen LogP contribution in [0.2, 0.25) is 0 Å². The number of likely N-dealkylation sites (N-methyl/N-ethyl adjacent to an activating group) is 1. The molecule has 1 N–H and O–H groups in total. The Kier molecular flexibility index (Phi) is 4.95. The Hall–Kier alpha value is -1.89. The molecular weight excluding hydrogens is 270 g/mol. The molecule has 1 fully saturated rings. The number of nitrogens with zero attached hydrogens (tertiary/aromatic N) is 4. The molecule has 2 rings (SSSR count). The summed E-state index contributed by atoms with van der Waals surface area (Å²) >= 11 is 0. The van der Waals surface area contributed by atoms with Gasteiger partial charge in [0.1, 0.15) is 5.69 Å². The normalized spacial score (nSPS) is 16.5. The van der Waals surface area contributed by atoms with Crippen LogP contribution in [0.4, 0.5) is 0 Å². The van der Waals surface area contributed by atoms with Crippen LogP contribution in [0.1, 0.15) is 22.6 Å². The molecule has 2 amide bonds. The van der Waals surface area contributed by atoms with Crippen LogP contribution in [0.5, 0.6) is 0 Å². The Morgan fingerprint density at radius 2 is 2.14 bits per heavy atom. The zero-order valence-corrected chi connectivity index (χ0v) is 12.9. The summed E-state index contributed by atoms with van der Waals surface area (Å²) in [5.74, 6) is 0.0157. The molecule has 21 heavy (non-hydrogen) atoms. The van der Waals surface area contributed by atoms with Gasteiger partial charge in [-0.1, -0.05) is 0 Å². The van der Waals surface area contributed by atoms with Gasteiger partial charge in [-0.3, -0.25) is 9.59 Å². The Morgan fingerprint density at radius 3 is 2.76 bits per heavy atom. The maximum absolute atomic E-state index is 12.4. The molecule has 7 nitrogen and oxygen atoms in total. The van der Waals surface area contributed by atoms with Crippen molar-refractivity contribution in [2.75, 3.05) is 46.8 Å². The zero-order valence-electron chi connectivity index (χ0n) is 12.9. The van der Waals surface area contributed by atoms with Gasteiger partial charge >= 0.3 is 0 Å². The smallest absolute Gasteiger partial charge is 0.274 e. The van der Waals surface area contributed by atoms with E-state index in [1.807, 2.05) is 30.8 Å². The zero-order chi connectivity index (χ0) is 15.4. The van der Waals surface area contributed by atoms with Crippen molar-refractivity contribution in [2.24, 2.45) is 0 Å². The minimum Gasteiger partial charge on any atom is -0.348 e. The van der Waals surface area contributed by atoms with Crippen LogP contribution in [0.3, 0.4) is 0 Å². The van der Waals surface area contributed by atoms with E-state index in [2.05, 4.69) is 9.97 Å². The summed E-state index contributed by atoms with van der Waals surface area (Å²) in [6.45, 7) is 4.97. The number of hydrogen-bond donors (Lipinski definition) is 1. The second-order valence-corrected chi connectivity index (χ2v) is 5.60. The SMILES string of the molecule is Cc1[nH]cnc1C(=O)N1CCC(=O)N(CCN(C)C)CC1. The lowest BCUT2D eigenvalue weighted by molar-refractivity contribution is -0.130. The summed E-state index contributed by atoms with van der Waals surface area (Å²) in [6.07, 6.45) is 1.90. The van der Waals surface area contributed by atoms with Crippen LogP contribution in [0.25, 0.3) is 0 Å². The highest BCUT2D eigenvalue weighted by molar-refractivity contribution is 5.93. The molecule has 1 saturated heterocycles. The van der Waals surface area contributed by atoms with Crippen LogP contribution >= 0.6 is 0 Å². The van der Waals surface area contributed by atoms with Gasteiger partial charge in [0.05, 0.1) is 6.33 Å². The maximum Gasteiger partial charge on any atom is 0.274 e. The number of carbonyl (C=O) groups excluding carboxylic acids is 2. The predicted octanol–water partition coefficient (Wildman–Crippen LogP) is -0.0458. The molecule has 1 aliphatic heterocycles. The van der Waals surface area contributed by atoms with Gasteiger partial charge in [0.25, 0.3) is 5.91 Å². The van der Waals surface area contributed by atoms with Gasteiger partial charge in [-0.05, 0) is 21.0 Å². The van der Waals surface area contributed by atoms with E-state index < -0.39 is 0 Å². The number of hydrogen-bond acceptors (Lipinski definition) is 4. The molecular formula is C14H23N5O2. The number of aromatic amines is 1. The number of rotatable bonds is 4. The standard InChI is InChI=1S/C14H23N5O2/c1-11-13(16-10-15-11)14(21)19-5-4-12(20)18(8-9-19)7-6-17(2)3/h10H,4-9H2,1-3H3,(H,15,16). The van der Waals surface area contributed by atoms with Crippen molar-refractivity contribution in [1.82, 2.24) is 24.7 Å². The molecule has 0 aliphatic carbocycles. The van der Waals surface area contributed by atoms with Crippen molar-refractivity contribution in [3.8, 4) is 0 Å². The number of aryl methyl sites for hydroxylation is 1. The van der Waals surface area contributed by atoms with Gasteiger partial charge in [0.15, 0.2) is 0 Å². The Bertz CT molecular complexity index is 511. The maximum atomic E-state index is 12.4. The van der Waals surface area contributed by atoms with Gasteiger partial charge in [0, 0.05) is 44.8 Å². The highest BCUT2D eigenvalue weighted by atomic mass is 16.2. The summed E-state index contributed by atoms with van der Waals surface area (Å²) < 4.78 is 0. The van der Waals surface area contributed by atoms with Crippen LogP contribution in [-0.2, 0) is 4.79 Å². The van der Waals surface area contributed by atoms with Crippen LogP contribution in [0, 0.1) is 6.92 Å². The van der Waals surface area contributed by atoms with Crippen molar-refractivity contribution in [3.05, 3.63) is 17.7 Å². The summed E-state index contributed by atoms with van der Waals surface area (Å²) in [4.78, 5) is 37.1. The van der Waals surface area contributed by atoms with Crippen LogP contribution in [-0.4, -0.2) is 83.3 Å². The lowest BCUT2D eigenvalue weighted by atomic mass is 10.3. The molecule has 0 saturated carbocycles. The molecule has 7 heteroatoms. The first-order valence-electron chi connectivity index (χ1n) is 7.21. The van der Waals surface area contributed by atoms with Crippen molar-refractivity contribution in [2.45, 2.75) is 13.3 Å². The summed E-state index contributed by atoms with van der Waals surface area (Å²) in [6, 6.07) is 0. The number of amides is 2. The van der Waals surface area contributed by atoms with Crippen molar-refractivity contribution in [1.29, 1.82) is 0 Å². The summed E-state index contributed by atoms with van der Waals surface area (Å²) in [5, 5.41) is 0. The average Bonchev–Trinajstić information content (AvgIpc) is 2.77. The lowest BCUT2D eigenvalue weighted by Gasteiger charge is -2.23. The third-order valence-corrected chi connectivity index (χ3v) is 3.72. The Morgan fingerprint density at radius 1 is 1.38 bits per heavy atom. The third kappa shape index (κ3) is 3.81. The van der Waals surface area contributed by atoms with E-state index in [9.17, 15) is 9.59 Å². The van der Waals surface area contributed by atoms with Crippen molar-refractivity contribution >= 4 is 11.8 Å². The van der Waals surface area contributed by atoms with Crippen LogP contribution in [0.15, 0.2) is 6.33 Å². The second-order valence-electron chi connectivity index (χ2n) is 5.60. The molecule has 0 aromatic carbocycles. The highest BCUT2D eigenvalue weighted by Crippen LogP contribution is 2.10. The first-order valence-corrected chi connectivity index (χ1v) is 7.21. The number of carbonyl (C=O) groups is 2. The van der Waals surface area contributed by atoms with Gasteiger partial charge in [-0.2, -0.15) is 0 Å². The number of imidazole rings is 1. The second kappa shape index (κ2) is 6.71. The molecule has 0 bridgehead atoms. The van der Waals surface area contributed by atoms with E-state index in [-0.39, 0.29) is 11.8 Å². The molecule has 0 unspecified atom stereocenters.